The van der Waals surface area contributed by atoms with Crippen molar-refractivity contribution in [3.8, 4) is 11.6 Å². The van der Waals surface area contributed by atoms with E-state index in [4.69, 9.17) is 14.0 Å². The Balaban J connectivity index is 1.31. The fourth-order valence-corrected chi connectivity index (χ4v) is 7.23. The quantitative estimate of drug-likeness (QED) is 0.161. The second kappa shape index (κ2) is 12.4. The van der Waals surface area contributed by atoms with E-state index in [-0.39, 0.29) is 48.2 Å². The lowest BCUT2D eigenvalue weighted by Crippen LogP contribution is -2.63. The number of ketones is 2. The van der Waals surface area contributed by atoms with Crippen LogP contribution in [0.2, 0.25) is 0 Å². The van der Waals surface area contributed by atoms with Gasteiger partial charge in [-0.25, -0.2) is 4.98 Å². The van der Waals surface area contributed by atoms with E-state index in [2.05, 4.69) is 22.0 Å². The smallest absolute Gasteiger partial charge is 0.265 e. The lowest BCUT2D eigenvalue weighted by Gasteiger charge is -2.48. The van der Waals surface area contributed by atoms with Crippen LogP contribution in [0.15, 0.2) is 89.6 Å². The molecule has 11 nitrogen and oxygen atoms in total. The minimum absolute atomic E-state index is 0.0100. The number of aliphatic hydroxyl groups is 2. The molecule has 0 amide bonds. The number of nitrogens with zero attached hydrogens (tertiary/aromatic N) is 3. The number of aliphatic hydroxyl groups excluding tert-OH is 1. The SMILES string of the molecule is C=CCN[C@@H]1c2onc(OCc3ccccc3)c2C(=O)[C@@]2(O)C(=O)C3=C(O)c4c(OCc5ccccc5)cnc(N(C)C)c4C[C@H]3C[C@@H]12. The molecule has 3 N–H and O–H groups in total. The van der Waals surface area contributed by atoms with Crippen molar-refractivity contribution >= 4 is 23.1 Å². The number of ether oxygens (including phenoxy) is 2. The maximum Gasteiger partial charge on any atom is 0.265 e. The highest BCUT2D eigenvalue weighted by atomic mass is 16.5. The first-order valence-corrected chi connectivity index (χ1v) is 15.9. The Kier molecular flexibility index (Phi) is 8.10. The summed E-state index contributed by atoms with van der Waals surface area (Å²) in [7, 11) is 3.71. The van der Waals surface area contributed by atoms with E-state index in [0.717, 1.165) is 11.1 Å². The Morgan fingerprint density at radius 1 is 1.02 bits per heavy atom. The number of hydrogen-bond donors (Lipinski definition) is 3. The minimum Gasteiger partial charge on any atom is -0.507 e. The molecular weight excluding hydrogens is 612 g/mol. The fourth-order valence-electron chi connectivity index (χ4n) is 7.23. The first kappa shape index (κ1) is 31.3. The van der Waals surface area contributed by atoms with Crippen LogP contribution in [0.4, 0.5) is 5.82 Å². The van der Waals surface area contributed by atoms with Gasteiger partial charge >= 0.3 is 0 Å². The van der Waals surface area contributed by atoms with Crippen molar-refractivity contribution in [2.45, 2.75) is 37.7 Å². The Morgan fingerprint density at radius 3 is 2.33 bits per heavy atom. The lowest BCUT2D eigenvalue weighted by molar-refractivity contribution is -0.140. The highest BCUT2D eigenvalue weighted by Crippen LogP contribution is 2.55. The molecular formula is C37H36N4O7. The molecule has 0 aliphatic heterocycles. The topological polar surface area (TPSA) is 147 Å². The molecule has 7 rings (SSSR count). The first-order valence-electron chi connectivity index (χ1n) is 15.9. The number of pyridine rings is 1. The summed E-state index contributed by atoms with van der Waals surface area (Å²) in [6.45, 7) is 4.40. The number of benzene rings is 2. The van der Waals surface area contributed by atoms with Gasteiger partial charge in [-0.1, -0.05) is 66.7 Å². The van der Waals surface area contributed by atoms with Gasteiger partial charge in [0.15, 0.2) is 11.4 Å². The molecule has 3 aliphatic rings. The molecule has 11 heteroatoms. The second-order valence-electron chi connectivity index (χ2n) is 12.6. The predicted molar refractivity (Wildman–Crippen MR) is 177 cm³/mol. The Morgan fingerprint density at radius 2 is 1.69 bits per heavy atom. The summed E-state index contributed by atoms with van der Waals surface area (Å²) in [5, 5.41) is 31.7. The van der Waals surface area contributed by atoms with Crippen molar-refractivity contribution in [2.75, 3.05) is 25.5 Å². The van der Waals surface area contributed by atoms with Crippen LogP contribution in [0.5, 0.6) is 11.6 Å². The largest absolute Gasteiger partial charge is 0.507 e. The van der Waals surface area contributed by atoms with Crippen LogP contribution in [-0.4, -0.2) is 58.2 Å². The molecule has 2 aromatic heterocycles. The number of fused-ring (bicyclic) bond motifs is 4. The van der Waals surface area contributed by atoms with Gasteiger partial charge in [0.05, 0.1) is 17.8 Å². The zero-order valence-corrected chi connectivity index (χ0v) is 26.7. The summed E-state index contributed by atoms with van der Waals surface area (Å²) in [5.41, 5.74) is 0.153. The van der Waals surface area contributed by atoms with E-state index in [9.17, 15) is 19.8 Å². The van der Waals surface area contributed by atoms with Gasteiger partial charge in [0, 0.05) is 37.7 Å². The molecule has 0 bridgehead atoms. The van der Waals surface area contributed by atoms with Gasteiger partial charge in [-0.05, 0) is 35.0 Å². The molecule has 4 atom stereocenters. The number of hydrogen-bond acceptors (Lipinski definition) is 11. The highest BCUT2D eigenvalue weighted by molar-refractivity contribution is 6.26. The van der Waals surface area contributed by atoms with Crippen molar-refractivity contribution in [3.63, 3.8) is 0 Å². The molecule has 1 saturated carbocycles. The van der Waals surface area contributed by atoms with Gasteiger partial charge in [-0.2, -0.15) is 0 Å². The van der Waals surface area contributed by atoms with E-state index in [1.807, 2.05) is 79.7 Å². The minimum atomic E-state index is -2.53. The van der Waals surface area contributed by atoms with Gasteiger partial charge in [0.25, 0.3) is 5.88 Å². The Hall–Kier alpha value is -5.26. The van der Waals surface area contributed by atoms with Gasteiger partial charge in [-0.3, -0.25) is 9.59 Å². The van der Waals surface area contributed by atoms with Gasteiger partial charge in [-0.15, -0.1) is 6.58 Å². The third-order valence-electron chi connectivity index (χ3n) is 9.45. The lowest BCUT2D eigenvalue weighted by atomic mass is 9.57. The van der Waals surface area contributed by atoms with Crippen molar-refractivity contribution in [1.29, 1.82) is 0 Å². The van der Waals surface area contributed by atoms with Gasteiger partial charge in [0.2, 0.25) is 11.6 Å². The maximum absolute atomic E-state index is 14.6. The zero-order chi connectivity index (χ0) is 33.6. The van der Waals surface area contributed by atoms with Crippen LogP contribution >= 0.6 is 0 Å². The number of anilines is 1. The summed E-state index contributed by atoms with van der Waals surface area (Å²) in [6.07, 6.45) is 3.68. The second-order valence-corrected chi connectivity index (χ2v) is 12.6. The molecule has 0 radical (unpaired) electrons. The molecule has 2 aromatic carbocycles. The Labute approximate surface area is 277 Å². The van der Waals surface area contributed by atoms with E-state index in [1.165, 1.54) is 6.20 Å². The summed E-state index contributed by atoms with van der Waals surface area (Å²) < 4.78 is 17.8. The van der Waals surface area contributed by atoms with Crippen LogP contribution in [0.1, 0.15) is 50.8 Å². The maximum atomic E-state index is 14.6. The van der Waals surface area contributed by atoms with E-state index >= 15 is 0 Å². The van der Waals surface area contributed by atoms with Crippen molar-refractivity contribution in [3.05, 3.63) is 119 Å². The van der Waals surface area contributed by atoms with Crippen LogP contribution in [0, 0.1) is 11.8 Å². The van der Waals surface area contributed by atoms with Crippen molar-refractivity contribution in [1.82, 2.24) is 15.5 Å². The normalized spacial score (nSPS) is 22.7. The molecule has 0 unspecified atom stereocenters. The molecule has 3 aliphatic carbocycles. The number of Topliss-reactive ketones (excluding diaryl/α,β-unsaturated/α-hetero) is 2. The Bertz CT molecular complexity index is 1920. The molecule has 48 heavy (non-hydrogen) atoms. The van der Waals surface area contributed by atoms with E-state index in [1.54, 1.807) is 6.08 Å². The third-order valence-corrected chi connectivity index (χ3v) is 9.45. The highest BCUT2D eigenvalue weighted by Gasteiger charge is 2.65. The number of carbonyl (C=O) groups is 2. The van der Waals surface area contributed by atoms with Crippen LogP contribution in [-0.2, 0) is 24.4 Å². The van der Waals surface area contributed by atoms with Crippen LogP contribution in [0.25, 0.3) is 5.76 Å². The standard InChI is InChI=1S/C37H36N4O7/c1-4-15-38-30-25-17-23-16-24-28(26(18-39-35(24)41(2)3)46-19-21-11-7-5-8-12-21)31(42)27(23)33(43)37(25,45)34(44)29-32(30)48-40-36(29)47-20-22-13-9-6-10-14-22/h4-14,18,23,25,30,38,42,45H,1,15-17,19-20H2,2-3H3/t23-,25-,30-,37-/m0/s1. The monoisotopic (exact) mass is 648 g/mol. The number of carbonyl (C=O) groups excluding carboxylic acids is 2. The van der Waals surface area contributed by atoms with Crippen molar-refractivity contribution in [2.24, 2.45) is 11.8 Å². The molecule has 2 heterocycles. The summed E-state index contributed by atoms with van der Waals surface area (Å²) in [4.78, 5) is 35.4. The zero-order valence-electron chi connectivity index (χ0n) is 26.7. The molecule has 246 valence electrons. The summed E-state index contributed by atoms with van der Waals surface area (Å²) >= 11 is 0. The predicted octanol–water partition coefficient (Wildman–Crippen LogP) is 4.77. The van der Waals surface area contributed by atoms with Gasteiger partial charge in [0.1, 0.15) is 36.1 Å². The first-order chi connectivity index (χ1) is 23.2. The summed E-state index contributed by atoms with van der Waals surface area (Å²) in [6, 6.07) is 18.1. The molecule has 0 spiro atoms. The van der Waals surface area contributed by atoms with Crippen molar-refractivity contribution < 1.29 is 33.8 Å². The van der Waals surface area contributed by atoms with Crippen LogP contribution in [0.3, 0.4) is 0 Å². The molecule has 1 fully saturated rings. The number of aromatic nitrogens is 2. The average molecular weight is 649 g/mol. The molecule has 0 saturated heterocycles. The fraction of sp³-hybridized carbons (Fsp3) is 0.297. The molecule has 4 aromatic rings. The van der Waals surface area contributed by atoms with E-state index < -0.39 is 35.0 Å². The van der Waals surface area contributed by atoms with Gasteiger partial charge < -0.3 is 34.4 Å². The number of rotatable bonds is 10. The van der Waals surface area contributed by atoms with Crippen LogP contribution < -0.4 is 19.7 Å². The third kappa shape index (κ3) is 5.06. The summed E-state index contributed by atoms with van der Waals surface area (Å²) in [5.74, 6) is -2.54. The number of nitrogens with one attached hydrogen (secondary N) is 1. The van der Waals surface area contributed by atoms with E-state index in [0.29, 0.717) is 35.7 Å². The average Bonchev–Trinajstić information content (AvgIpc) is 3.52.